The average molecular weight is 267 g/mol. The molecule has 1 aliphatic heterocycles. The van der Waals surface area contributed by atoms with Crippen molar-refractivity contribution in [3.63, 3.8) is 0 Å². The van der Waals surface area contributed by atoms with Gasteiger partial charge in [0.25, 0.3) is 0 Å². The number of ether oxygens (including phenoxy) is 1. The lowest BCUT2D eigenvalue weighted by Gasteiger charge is -2.13. The molecule has 0 saturated carbocycles. The average Bonchev–Trinajstić information content (AvgIpc) is 2.52. The molecule has 15 heavy (non-hydrogen) atoms. The van der Waals surface area contributed by atoms with Crippen LogP contribution >= 0.6 is 34.8 Å². The van der Waals surface area contributed by atoms with Gasteiger partial charge in [0.2, 0.25) is 0 Å². The molecular weight excluding hydrogens is 256 g/mol. The fourth-order valence-electron chi connectivity index (χ4n) is 1.86. The molecule has 0 amide bonds. The van der Waals surface area contributed by atoms with Gasteiger partial charge in [-0.25, -0.2) is 0 Å². The Kier molecular flexibility index (Phi) is 3.04. The van der Waals surface area contributed by atoms with Gasteiger partial charge >= 0.3 is 0 Å². The van der Waals surface area contributed by atoms with E-state index in [1.165, 1.54) is 0 Å². The Bertz CT molecular complexity index is 408. The van der Waals surface area contributed by atoms with E-state index in [1.807, 2.05) is 14.0 Å². The Hall–Kier alpha value is -0.150. The summed E-state index contributed by atoms with van der Waals surface area (Å²) in [5.41, 5.74) is 0.851. The smallest absolute Gasteiger partial charge is 0.144 e. The molecule has 1 heterocycles. The van der Waals surface area contributed by atoms with Gasteiger partial charge in [-0.3, -0.25) is 0 Å². The summed E-state index contributed by atoms with van der Waals surface area (Å²) in [6.45, 7) is 1.96. The quantitative estimate of drug-likeness (QED) is 0.783. The lowest BCUT2D eigenvalue weighted by Crippen LogP contribution is -2.25. The minimum absolute atomic E-state index is 0.00142. The number of benzene rings is 1. The van der Waals surface area contributed by atoms with E-state index in [9.17, 15) is 0 Å². The minimum atomic E-state index is -0.00142. The van der Waals surface area contributed by atoms with Gasteiger partial charge in [0.15, 0.2) is 0 Å². The van der Waals surface area contributed by atoms with E-state index in [1.54, 1.807) is 6.07 Å². The van der Waals surface area contributed by atoms with Crippen LogP contribution in [0.4, 0.5) is 0 Å². The van der Waals surface area contributed by atoms with Gasteiger partial charge < -0.3 is 10.1 Å². The Labute approximate surface area is 103 Å². The zero-order chi connectivity index (χ0) is 11.2. The molecule has 0 aromatic heterocycles. The van der Waals surface area contributed by atoms with E-state index in [-0.39, 0.29) is 12.1 Å². The molecule has 2 unspecified atom stereocenters. The first kappa shape index (κ1) is 11.3. The highest BCUT2D eigenvalue weighted by molar-refractivity contribution is 6.44. The maximum absolute atomic E-state index is 6.14. The third-order valence-corrected chi connectivity index (χ3v) is 3.64. The van der Waals surface area contributed by atoms with Gasteiger partial charge in [0.05, 0.1) is 21.1 Å². The van der Waals surface area contributed by atoms with Crippen molar-refractivity contribution >= 4 is 34.8 Å². The molecule has 5 heteroatoms. The first-order valence-electron chi connectivity index (χ1n) is 4.57. The van der Waals surface area contributed by atoms with Crippen LogP contribution in [0.15, 0.2) is 6.07 Å². The standard InChI is InChI=1S/C10H10Cl3NO/c1-4-9(14-2)7-8(13)5(11)3-6(12)10(7)15-4/h3-4,9,14H,1-2H3. The summed E-state index contributed by atoms with van der Waals surface area (Å²) >= 11 is 18.1. The Morgan fingerprint density at radius 3 is 2.53 bits per heavy atom. The Morgan fingerprint density at radius 1 is 1.27 bits per heavy atom. The summed E-state index contributed by atoms with van der Waals surface area (Å²) in [7, 11) is 1.85. The number of fused-ring (bicyclic) bond motifs is 1. The van der Waals surface area contributed by atoms with Crippen molar-refractivity contribution in [3.8, 4) is 5.75 Å². The van der Waals surface area contributed by atoms with E-state index >= 15 is 0 Å². The van der Waals surface area contributed by atoms with Gasteiger partial charge in [0.1, 0.15) is 11.9 Å². The predicted molar refractivity (Wildman–Crippen MR) is 63.4 cm³/mol. The summed E-state index contributed by atoms with van der Waals surface area (Å²) in [5, 5.41) is 4.61. The summed E-state index contributed by atoms with van der Waals surface area (Å²) in [4.78, 5) is 0. The second-order valence-electron chi connectivity index (χ2n) is 3.49. The molecule has 1 aromatic carbocycles. The Balaban J connectivity index is 2.63. The molecule has 82 valence electrons. The first-order valence-corrected chi connectivity index (χ1v) is 5.71. The van der Waals surface area contributed by atoms with Crippen molar-refractivity contribution in [3.05, 3.63) is 26.7 Å². The molecule has 0 bridgehead atoms. The zero-order valence-corrected chi connectivity index (χ0v) is 10.5. The van der Waals surface area contributed by atoms with Crippen molar-refractivity contribution in [2.45, 2.75) is 19.1 Å². The molecule has 1 N–H and O–H groups in total. The molecule has 1 aromatic rings. The van der Waals surface area contributed by atoms with Crippen molar-refractivity contribution < 1.29 is 4.74 Å². The molecule has 0 saturated heterocycles. The van der Waals surface area contributed by atoms with Crippen LogP contribution in [0.1, 0.15) is 18.5 Å². The lowest BCUT2D eigenvalue weighted by atomic mass is 10.0. The van der Waals surface area contributed by atoms with Crippen LogP contribution in [0, 0.1) is 0 Å². The van der Waals surface area contributed by atoms with E-state index in [0.717, 1.165) is 5.56 Å². The number of nitrogens with one attached hydrogen (secondary N) is 1. The number of halogens is 3. The topological polar surface area (TPSA) is 21.3 Å². The molecule has 2 atom stereocenters. The molecule has 0 spiro atoms. The van der Waals surface area contributed by atoms with E-state index in [2.05, 4.69) is 5.32 Å². The van der Waals surface area contributed by atoms with E-state index in [4.69, 9.17) is 39.5 Å². The lowest BCUT2D eigenvalue weighted by molar-refractivity contribution is 0.214. The number of likely N-dealkylation sites (N-methyl/N-ethyl adjacent to an activating group) is 1. The number of hydrogen-bond acceptors (Lipinski definition) is 2. The normalized spacial score (nSPS) is 23.8. The Morgan fingerprint density at radius 2 is 1.93 bits per heavy atom. The van der Waals surface area contributed by atoms with E-state index < -0.39 is 0 Å². The summed E-state index contributed by atoms with van der Waals surface area (Å²) in [5.74, 6) is 0.637. The fourth-order valence-corrected chi connectivity index (χ4v) is 2.64. The summed E-state index contributed by atoms with van der Waals surface area (Å²) in [6.07, 6.45) is -0.00142. The van der Waals surface area contributed by atoms with Gasteiger partial charge in [-0.1, -0.05) is 34.8 Å². The van der Waals surface area contributed by atoms with Crippen LogP contribution in [-0.2, 0) is 0 Å². The van der Waals surface area contributed by atoms with E-state index in [0.29, 0.717) is 20.8 Å². The third-order valence-electron chi connectivity index (χ3n) is 2.56. The van der Waals surface area contributed by atoms with Crippen LogP contribution in [0.2, 0.25) is 15.1 Å². The molecular formula is C10H10Cl3NO. The number of hydrogen-bond donors (Lipinski definition) is 1. The summed E-state index contributed by atoms with van der Waals surface area (Å²) in [6, 6.07) is 1.64. The predicted octanol–water partition coefficient (Wildman–Crippen LogP) is 3.69. The highest BCUT2D eigenvalue weighted by Gasteiger charge is 2.34. The maximum Gasteiger partial charge on any atom is 0.144 e. The van der Waals surface area contributed by atoms with Crippen LogP contribution in [0.25, 0.3) is 0 Å². The molecule has 0 radical (unpaired) electrons. The highest BCUT2D eigenvalue weighted by Crippen LogP contribution is 2.48. The number of rotatable bonds is 1. The molecule has 2 rings (SSSR count). The maximum atomic E-state index is 6.14. The van der Waals surface area contributed by atoms with Crippen molar-refractivity contribution in [1.82, 2.24) is 5.32 Å². The van der Waals surface area contributed by atoms with Gasteiger partial charge in [0, 0.05) is 5.56 Å². The zero-order valence-electron chi connectivity index (χ0n) is 8.27. The molecule has 0 aliphatic carbocycles. The molecule has 1 aliphatic rings. The fraction of sp³-hybridized carbons (Fsp3) is 0.400. The monoisotopic (exact) mass is 265 g/mol. The minimum Gasteiger partial charge on any atom is -0.487 e. The van der Waals surface area contributed by atoms with Gasteiger partial charge in [-0.15, -0.1) is 0 Å². The largest absolute Gasteiger partial charge is 0.487 e. The molecule has 0 fully saturated rings. The second-order valence-corrected chi connectivity index (χ2v) is 4.68. The summed E-state index contributed by atoms with van der Waals surface area (Å²) < 4.78 is 5.64. The van der Waals surface area contributed by atoms with Crippen molar-refractivity contribution in [2.24, 2.45) is 0 Å². The SMILES string of the molecule is CNC1c2c(Cl)c(Cl)cc(Cl)c2OC1C. The van der Waals surface area contributed by atoms with Crippen molar-refractivity contribution in [2.75, 3.05) is 7.05 Å². The van der Waals surface area contributed by atoms with Crippen LogP contribution < -0.4 is 10.1 Å². The van der Waals surface area contributed by atoms with Crippen LogP contribution in [-0.4, -0.2) is 13.2 Å². The van der Waals surface area contributed by atoms with Crippen LogP contribution in [0.3, 0.4) is 0 Å². The first-order chi connectivity index (χ1) is 7.06. The highest BCUT2D eigenvalue weighted by atomic mass is 35.5. The third kappa shape index (κ3) is 1.70. The molecule has 2 nitrogen and oxygen atoms in total. The van der Waals surface area contributed by atoms with Gasteiger partial charge in [-0.05, 0) is 20.0 Å². The van der Waals surface area contributed by atoms with Crippen LogP contribution in [0.5, 0.6) is 5.75 Å². The van der Waals surface area contributed by atoms with Gasteiger partial charge in [-0.2, -0.15) is 0 Å². The van der Waals surface area contributed by atoms with Crippen molar-refractivity contribution in [1.29, 1.82) is 0 Å². The second kappa shape index (κ2) is 4.02.